The third-order valence-electron chi connectivity index (χ3n) is 6.44. The lowest BCUT2D eigenvalue weighted by atomic mass is 9.83. The first-order valence-corrected chi connectivity index (χ1v) is 12.1. The number of aliphatic hydroxyl groups is 1. The molecule has 0 radical (unpaired) electrons. The minimum atomic E-state index is -0.729. The highest BCUT2D eigenvalue weighted by Crippen LogP contribution is 2.32. The zero-order chi connectivity index (χ0) is 25.1. The zero-order valence-corrected chi connectivity index (χ0v) is 21.5. The topological polar surface area (TPSA) is 58.6 Å². The number of hydrogen-bond acceptors (Lipinski definition) is 3. The monoisotopic (exact) mass is 461 g/mol. The Hall–Kier alpha value is -2.69. The Morgan fingerprint density at radius 1 is 1.09 bits per heavy atom. The summed E-state index contributed by atoms with van der Waals surface area (Å²) in [6.07, 6.45) is 4.82. The van der Waals surface area contributed by atoms with E-state index in [1.165, 1.54) is 32.3 Å². The van der Waals surface area contributed by atoms with Crippen LogP contribution in [-0.2, 0) is 16.0 Å². The standard InChI is InChI=1S/C30H39NO3/c1-8-20-10-12-23-13-11-22(25-15-14-21(9-2)26(20)27(23)25)16-17-30(6,7)28(33)31-18-24(32)19-34-29(3,4)5/h8-15,24,32H,1,16-19H2,2-7H3,(H,31,33)/b21-9-. The largest absolute Gasteiger partial charge is 0.389 e. The molecule has 0 spiro atoms. The quantitative estimate of drug-likeness (QED) is 0.448. The van der Waals surface area contributed by atoms with Crippen LogP contribution in [0.2, 0.25) is 0 Å². The van der Waals surface area contributed by atoms with E-state index in [0.29, 0.717) is 6.42 Å². The van der Waals surface area contributed by atoms with Gasteiger partial charge in [-0.1, -0.05) is 69.0 Å². The summed E-state index contributed by atoms with van der Waals surface area (Å²) in [5, 5.41) is 19.2. The van der Waals surface area contributed by atoms with Crippen LogP contribution in [0, 0.1) is 5.41 Å². The average Bonchev–Trinajstić information content (AvgIpc) is 2.80. The third kappa shape index (κ3) is 5.86. The number of aliphatic hydroxyl groups excluding tert-OH is 1. The molecular weight excluding hydrogens is 422 g/mol. The molecule has 3 aromatic carbocycles. The van der Waals surface area contributed by atoms with Crippen molar-refractivity contribution in [3.63, 3.8) is 0 Å². The van der Waals surface area contributed by atoms with Crippen molar-refractivity contribution in [3.05, 3.63) is 59.3 Å². The number of carbonyl (C=O) groups is 1. The van der Waals surface area contributed by atoms with Gasteiger partial charge in [-0.3, -0.25) is 4.79 Å². The molecule has 2 N–H and O–H groups in total. The maximum Gasteiger partial charge on any atom is 0.225 e. The Bertz CT molecular complexity index is 1230. The Morgan fingerprint density at radius 2 is 1.79 bits per heavy atom. The summed E-state index contributed by atoms with van der Waals surface area (Å²) >= 11 is 0. The second kappa shape index (κ2) is 10.3. The Balaban J connectivity index is 1.76. The van der Waals surface area contributed by atoms with Crippen molar-refractivity contribution in [2.45, 2.75) is 66.1 Å². The molecule has 4 heteroatoms. The molecule has 0 aliphatic carbocycles. The number of benzene rings is 3. The van der Waals surface area contributed by atoms with E-state index in [4.69, 9.17) is 4.74 Å². The number of amides is 1. The number of ether oxygens (including phenoxy) is 1. The van der Waals surface area contributed by atoms with E-state index in [1.54, 1.807) is 0 Å². The van der Waals surface area contributed by atoms with Crippen molar-refractivity contribution in [1.82, 2.24) is 5.32 Å². The SMILES string of the molecule is C=Cc1ccc2ccc(CCC(C)(C)C(=O)NCC(O)COC(C)(C)C)c3cc/c(=C/C)c1c23. The minimum absolute atomic E-state index is 0.0573. The first-order valence-electron chi connectivity index (χ1n) is 12.1. The molecule has 0 aliphatic heterocycles. The summed E-state index contributed by atoms with van der Waals surface area (Å²) in [5.41, 5.74) is 1.49. The van der Waals surface area contributed by atoms with Crippen LogP contribution in [0.5, 0.6) is 0 Å². The Kier molecular flexibility index (Phi) is 7.84. The van der Waals surface area contributed by atoms with Gasteiger partial charge in [0.2, 0.25) is 5.91 Å². The molecule has 0 aliphatic rings. The van der Waals surface area contributed by atoms with Crippen molar-refractivity contribution in [2.75, 3.05) is 13.2 Å². The van der Waals surface area contributed by atoms with E-state index < -0.39 is 11.5 Å². The smallest absolute Gasteiger partial charge is 0.225 e. The van der Waals surface area contributed by atoms with E-state index in [0.717, 1.165) is 12.0 Å². The van der Waals surface area contributed by atoms with Crippen LogP contribution >= 0.6 is 0 Å². The van der Waals surface area contributed by atoms with Gasteiger partial charge in [-0.15, -0.1) is 0 Å². The normalized spacial score (nSPS) is 14.0. The number of hydrogen-bond donors (Lipinski definition) is 2. The van der Waals surface area contributed by atoms with Gasteiger partial charge in [0.15, 0.2) is 0 Å². The maximum atomic E-state index is 12.9. The Morgan fingerprint density at radius 3 is 2.44 bits per heavy atom. The van der Waals surface area contributed by atoms with E-state index in [2.05, 4.69) is 61.3 Å². The van der Waals surface area contributed by atoms with E-state index >= 15 is 0 Å². The van der Waals surface area contributed by atoms with Crippen molar-refractivity contribution < 1.29 is 14.6 Å². The summed E-state index contributed by atoms with van der Waals surface area (Å²) < 4.78 is 5.60. The van der Waals surface area contributed by atoms with Gasteiger partial charge in [0.25, 0.3) is 0 Å². The summed E-state index contributed by atoms with van der Waals surface area (Å²) in [5.74, 6) is -0.0573. The summed E-state index contributed by atoms with van der Waals surface area (Å²) in [4.78, 5) is 12.9. The molecule has 0 fully saturated rings. The van der Waals surface area contributed by atoms with Crippen molar-refractivity contribution in [1.29, 1.82) is 0 Å². The summed E-state index contributed by atoms with van der Waals surface area (Å²) in [6, 6.07) is 13.0. The van der Waals surface area contributed by atoms with Gasteiger partial charge in [-0.25, -0.2) is 0 Å². The number of rotatable bonds is 9. The van der Waals surface area contributed by atoms with Crippen LogP contribution in [0.15, 0.2) is 43.0 Å². The summed E-state index contributed by atoms with van der Waals surface area (Å²) in [7, 11) is 0. The van der Waals surface area contributed by atoms with Crippen LogP contribution in [0.25, 0.3) is 33.7 Å². The van der Waals surface area contributed by atoms with Gasteiger partial charge in [-0.05, 0) is 78.4 Å². The van der Waals surface area contributed by atoms with Gasteiger partial charge < -0.3 is 15.2 Å². The van der Waals surface area contributed by atoms with Crippen molar-refractivity contribution in [3.8, 4) is 0 Å². The van der Waals surface area contributed by atoms with Crippen molar-refractivity contribution >= 4 is 39.6 Å². The second-order valence-electron chi connectivity index (χ2n) is 10.7. The zero-order valence-electron chi connectivity index (χ0n) is 21.5. The predicted molar refractivity (Wildman–Crippen MR) is 144 cm³/mol. The summed E-state index contributed by atoms with van der Waals surface area (Å²) in [6.45, 7) is 16.2. The molecule has 3 rings (SSSR count). The van der Waals surface area contributed by atoms with Gasteiger partial charge >= 0.3 is 0 Å². The molecule has 1 amide bonds. The van der Waals surface area contributed by atoms with Crippen LogP contribution in [-0.4, -0.2) is 35.9 Å². The van der Waals surface area contributed by atoms with Crippen LogP contribution in [0.3, 0.4) is 0 Å². The average molecular weight is 462 g/mol. The van der Waals surface area contributed by atoms with Crippen molar-refractivity contribution in [2.24, 2.45) is 5.41 Å². The molecule has 1 atom stereocenters. The van der Waals surface area contributed by atoms with Gasteiger partial charge in [0.1, 0.15) is 0 Å². The van der Waals surface area contributed by atoms with Gasteiger partial charge in [-0.2, -0.15) is 0 Å². The molecule has 0 heterocycles. The number of nitrogens with one attached hydrogen (secondary N) is 1. The fraction of sp³-hybridized carbons (Fsp3) is 0.433. The lowest BCUT2D eigenvalue weighted by molar-refractivity contribution is -0.130. The molecule has 34 heavy (non-hydrogen) atoms. The number of carbonyl (C=O) groups excluding carboxylic acids is 1. The first-order chi connectivity index (χ1) is 16.0. The fourth-order valence-electron chi connectivity index (χ4n) is 4.31. The molecular formula is C30H39NO3. The molecule has 182 valence electrons. The van der Waals surface area contributed by atoms with Crippen LogP contribution in [0.4, 0.5) is 0 Å². The van der Waals surface area contributed by atoms with Crippen LogP contribution in [0.1, 0.15) is 59.1 Å². The minimum Gasteiger partial charge on any atom is -0.389 e. The van der Waals surface area contributed by atoms with Gasteiger partial charge in [0, 0.05) is 12.0 Å². The van der Waals surface area contributed by atoms with Crippen LogP contribution < -0.4 is 10.5 Å². The molecule has 0 bridgehead atoms. The van der Waals surface area contributed by atoms with E-state index in [-0.39, 0.29) is 24.7 Å². The lowest BCUT2D eigenvalue weighted by Gasteiger charge is -2.26. The molecule has 0 saturated carbocycles. The van der Waals surface area contributed by atoms with E-state index in [9.17, 15) is 9.90 Å². The highest BCUT2D eigenvalue weighted by Gasteiger charge is 2.28. The highest BCUT2D eigenvalue weighted by atomic mass is 16.5. The van der Waals surface area contributed by atoms with Gasteiger partial charge in [0.05, 0.1) is 18.3 Å². The maximum absolute atomic E-state index is 12.9. The second-order valence-corrected chi connectivity index (χ2v) is 10.7. The lowest BCUT2D eigenvalue weighted by Crippen LogP contribution is -2.42. The highest BCUT2D eigenvalue weighted by molar-refractivity contribution is 6.14. The molecule has 4 nitrogen and oxygen atoms in total. The first kappa shape index (κ1) is 25.9. The molecule has 0 saturated heterocycles. The molecule has 0 aromatic heterocycles. The Labute approximate surface area is 203 Å². The molecule has 1 unspecified atom stereocenters. The van der Waals surface area contributed by atoms with E-state index in [1.807, 2.05) is 40.7 Å². The predicted octanol–water partition coefficient (Wildman–Crippen LogP) is 5.41. The third-order valence-corrected chi connectivity index (χ3v) is 6.44. The number of aryl methyl sites for hydroxylation is 1. The molecule has 3 aromatic rings. The fourth-order valence-corrected chi connectivity index (χ4v) is 4.31.